The molecule has 1 fully saturated rings. The van der Waals surface area contributed by atoms with Gasteiger partial charge in [0.05, 0.1) is 12.7 Å². The molecule has 3 unspecified atom stereocenters. The van der Waals surface area contributed by atoms with Crippen molar-refractivity contribution < 1.29 is 14.9 Å². The van der Waals surface area contributed by atoms with Gasteiger partial charge in [0.15, 0.2) is 0 Å². The number of nitrogens with zero attached hydrogens (tertiary/aromatic N) is 4. The van der Waals surface area contributed by atoms with Crippen molar-refractivity contribution in [2.24, 2.45) is 0 Å². The summed E-state index contributed by atoms with van der Waals surface area (Å²) in [5.74, 6) is 1.06. The van der Waals surface area contributed by atoms with Gasteiger partial charge in [0, 0.05) is 17.1 Å². The molecule has 0 bridgehead atoms. The quantitative estimate of drug-likeness (QED) is 0.767. The van der Waals surface area contributed by atoms with Crippen LogP contribution in [-0.2, 0) is 4.74 Å². The van der Waals surface area contributed by atoms with Gasteiger partial charge in [-0.2, -0.15) is 4.98 Å². The van der Waals surface area contributed by atoms with E-state index in [1.807, 2.05) is 19.9 Å². The van der Waals surface area contributed by atoms with Crippen LogP contribution in [0.4, 0.5) is 0 Å². The Kier molecular flexibility index (Phi) is 3.63. The minimum Gasteiger partial charge on any atom is -0.388 e. The number of fused-ring (bicyclic) bond motifs is 1. The van der Waals surface area contributed by atoms with Crippen LogP contribution in [0.5, 0.6) is 0 Å². The summed E-state index contributed by atoms with van der Waals surface area (Å²) in [5, 5.41) is 24.1. The van der Waals surface area contributed by atoms with Crippen molar-refractivity contribution >= 4 is 17.5 Å². The van der Waals surface area contributed by atoms with Crippen LogP contribution in [0.1, 0.15) is 11.4 Å². The van der Waals surface area contributed by atoms with E-state index < -0.39 is 18.3 Å². The molecule has 2 aromatic heterocycles. The highest BCUT2D eigenvalue weighted by molar-refractivity contribution is 7.99. The van der Waals surface area contributed by atoms with E-state index in [9.17, 15) is 10.2 Å². The highest BCUT2D eigenvalue weighted by Crippen LogP contribution is 2.22. The standard InChI is InChI=1S/C12H16N4O3S/c1-6-3-7(2)16-11(13-6)14-12(15-16)20-5-9-10(18)8(17)4-19-9/h3,8-10,17-18H,4-5H2,1-2H3. The van der Waals surface area contributed by atoms with E-state index in [2.05, 4.69) is 15.1 Å². The van der Waals surface area contributed by atoms with Crippen LogP contribution in [0.2, 0.25) is 0 Å². The highest BCUT2D eigenvalue weighted by Gasteiger charge is 2.34. The smallest absolute Gasteiger partial charge is 0.253 e. The Morgan fingerprint density at radius 3 is 2.90 bits per heavy atom. The average Bonchev–Trinajstić information content (AvgIpc) is 2.93. The zero-order valence-electron chi connectivity index (χ0n) is 11.2. The predicted octanol–water partition coefficient (Wildman–Crippen LogP) is -0.0462. The lowest BCUT2D eigenvalue weighted by Gasteiger charge is -2.12. The van der Waals surface area contributed by atoms with Gasteiger partial charge >= 0.3 is 0 Å². The van der Waals surface area contributed by atoms with Gasteiger partial charge in [-0.3, -0.25) is 0 Å². The van der Waals surface area contributed by atoms with Crippen LogP contribution in [0.15, 0.2) is 11.2 Å². The number of rotatable bonds is 3. The molecule has 20 heavy (non-hydrogen) atoms. The molecule has 108 valence electrons. The summed E-state index contributed by atoms with van der Waals surface area (Å²) in [5.41, 5.74) is 1.87. The zero-order valence-corrected chi connectivity index (χ0v) is 12.0. The van der Waals surface area contributed by atoms with E-state index >= 15 is 0 Å². The molecule has 1 saturated heterocycles. The predicted molar refractivity (Wildman–Crippen MR) is 72.7 cm³/mol. The monoisotopic (exact) mass is 296 g/mol. The first kappa shape index (κ1) is 13.7. The minimum atomic E-state index is -0.846. The first-order chi connectivity index (χ1) is 9.54. The molecule has 2 aromatic rings. The van der Waals surface area contributed by atoms with Crippen molar-refractivity contribution in [3.63, 3.8) is 0 Å². The largest absolute Gasteiger partial charge is 0.388 e. The summed E-state index contributed by atoms with van der Waals surface area (Å²) in [6, 6.07) is 1.94. The van der Waals surface area contributed by atoms with Crippen LogP contribution in [-0.4, -0.2) is 60.5 Å². The zero-order chi connectivity index (χ0) is 14.3. The summed E-state index contributed by atoms with van der Waals surface area (Å²) in [4.78, 5) is 8.66. The fourth-order valence-corrected chi connectivity index (χ4v) is 3.07. The number of ether oxygens (including phenoxy) is 1. The van der Waals surface area contributed by atoms with Gasteiger partial charge in [-0.15, -0.1) is 5.10 Å². The average molecular weight is 296 g/mol. The van der Waals surface area contributed by atoms with E-state index in [1.54, 1.807) is 4.52 Å². The summed E-state index contributed by atoms with van der Waals surface area (Å²) < 4.78 is 7.01. The number of hydrogen-bond acceptors (Lipinski definition) is 7. The van der Waals surface area contributed by atoms with Crippen molar-refractivity contribution in [1.29, 1.82) is 0 Å². The lowest BCUT2D eigenvalue weighted by Crippen LogP contribution is -2.31. The van der Waals surface area contributed by atoms with Crippen LogP contribution >= 0.6 is 11.8 Å². The first-order valence-electron chi connectivity index (χ1n) is 6.36. The molecule has 3 heterocycles. The Morgan fingerprint density at radius 2 is 2.20 bits per heavy atom. The molecule has 1 aliphatic rings. The Balaban J connectivity index is 1.74. The molecule has 7 nitrogen and oxygen atoms in total. The number of thioether (sulfide) groups is 1. The van der Waals surface area contributed by atoms with Crippen LogP contribution in [0.25, 0.3) is 5.78 Å². The second-order valence-corrected chi connectivity index (χ2v) is 5.87. The van der Waals surface area contributed by atoms with Gasteiger partial charge in [-0.05, 0) is 19.9 Å². The number of aliphatic hydroxyl groups is 2. The number of hydrogen-bond donors (Lipinski definition) is 2. The Labute approximate surface area is 120 Å². The van der Waals surface area contributed by atoms with E-state index in [4.69, 9.17) is 4.74 Å². The molecule has 3 rings (SSSR count). The van der Waals surface area contributed by atoms with Crippen LogP contribution < -0.4 is 0 Å². The molecule has 8 heteroatoms. The summed E-state index contributed by atoms with van der Waals surface area (Å²) >= 11 is 1.38. The third-order valence-corrected chi connectivity index (χ3v) is 4.16. The van der Waals surface area contributed by atoms with E-state index in [0.717, 1.165) is 11.4 Å². The SMILES string of the molecule is Cc1cc(C)n2nc(SCC3OCC(O)C3O)nc2n1. The summed E-state index contributed by atoms with van der Waals surface area (Å²) in [7, 11) is 0. The molecule has 1 aliphatic heterocycles. The van der Waals surface area contributed by atoms with Crippen molar-refractivity contribution in [2.45, 2.75) is 37.3 Å². The van der Waals surface area contributed by atoms with Crippen molar-refractivity contribution in [3.05, 3.63) is 17.5 Å². The lowest BCUT2D eigenvalue weighted by molar-refractivity contribution is 0.0337. The minimum absolute atomic E-state index is 0.171. The fourth-order valence-electron chi connectivity index (χ4n) is 2.18. The second kappa shape index (κ2) is 5.28. The molecular weight excluding hydrogens is 280 g/mol. The molecule has 0 aliphatic carbocycles. The van der Waals surface area contributed by atoms with Crippen LogP contribution in [0.3, 0.4) is 0 Å². The number of aryl methyl sites for hydroxylation is 2. The van der Waals surface area contributed by atoms with Gasteiger partial charge in [0.25, 0.3) is 5.78 Å². The summed E-state index contributed by atoms with van der Waals surface area (Å²) in [6.07, 6.45) is -2.04. The fraction of sp³-hybridized carbons (Fsp3) is 0.583. The molecule has 0 spiro atoms. The normalized spacial score (nSPS) is 26.5. The second-order valence-electron chi connectivity index (χ2n) is 4.89. The molecular formula is C12H16N4O3S. The van der Waals surface area contributed by atoms with E-state index in [-0.39, 0.29) is 6.61 Å². The molecule has 0 amide bonds. The maximum atomic E-state index is 9.71. The Hall–Kier alpha value is -1.22. The third kappa shape index (κ3) is 2.51. The molecule has 0 aromatic carbocycles. The van der Waals surface area contributed by atoms with Crippen molar-refractivity contribution in [3.8, 4) is 0 Å². The van der Waals surface area contributed by atoms with Gasteiger partial charge in [-0.25, -0.2) is 9.50 Å². The van der Waals surface area contributed by atoms with E-state index in [1.165, 1.54) is 11.8 Å². The molecule has 2 N–H and O–H groups in total. The third-order valence-electron chi connectivity index (χ3n) is 3.23. The van der Waals surface area contributed by atoms with Gasteiger partial charge in [0.2, 0.25) is 5.16 Å². The van der Waals surface area contributed by atoms with Crippen molar-refractivity contribution in [1.82, 2.24) is 19.6 Å². The first-order valence-corrected chi connectivity index (χ1v) is 7.34. The lowest BCUT2D eigenvalue weighted by atomic mass is 10.2. The number of aromatic nitrogens is 4. The van der Waals surface area contributed by atoms with E-state index in [0.29, 0.717) is 16.7 Å². The molecule has 3 atom stereocenters. The van der Waals surface area contributed by atoms with Gasteiger partial charge in [0.1, 0.15) is 12.2 Å². The van der Waals surface area contributed by atoms with Crippen molar-refractivity contribution in [2.75, 3.05) is 12.4 Å². The number of aliphatic hydroxyl groups excluding tert-OH is 2. The summed E-state index contributed by atoms with van der Waals surface area (Å²) in [6.45, 7) is 4.04. The topological polar surface area (TPSA) is 92.8 Å². The van der Waals surface area contributed by atoms with Gasteiger partial charge < -0.3 is 14.9 Å². The maximum absolute atomic E-state index is 9.71. The van der Waals surface area contributed by atoms with Gasteiger partial charge in [-0.1, -0.05) is 11.8 Å². The highest BCUT2D eigenvalue weighted by atomic mass is 32.2. The molecule has 0 radical (unpaired) electrons. The Morgan fingerprint density at radius 1 is 1.40 bits per heavy atom. The molecule has 0 saturated carbocycles. The van der Waals surface area contributed by atoms with Crippen LogP contribution in [0, 0.1) is 13.8 Å². The maximum Gasteiger partial charge on any atom is 0.253 e. The Bertz CT molecular complexity index is 632.